The van der Waals surface area contributed by atoms with Gasteiger partial charge in [0.15, 0.2) is 0 Å². The molecule has 21 heavy (non-hydrogen) atoms. The lowest BCUT2D eigenvalue weighted by molar-refractivity contribution is -0.00918. The fourth-order valence-corrected chi connectivity index (χ4v) is 1.48. The Hall–Kier alpha value is -2.18. The summed E-state index contributed by atoms with van der Waals surface area (Å²) in [6.45, 7) is 3.86. The highest BCUT2D eigenvalue weighted by Crippen LogP contribution is 2.27. The van der Waals surface area contributed by atoms with Gasteiger partial charge in [-0.1, -0.05) is 12.1 Å². The van der Waals surface area contributed by atoms with Crippen molar-refractivity contribution in [3.8, 4) is 0 Å². The van der Waals surface area contributed by atoms with Crippen LogP contribution in [0.4, 0.5) is 13.6 Å². The molecule has 0 unspecified atom stereocenters. The Labute approximate surface area is 120 Å². The van der Waals surface area contributed by atoms with E-state index in [1.54, 1.807) is 20.8 Å². The topological polar surface area (TPSA) is 75.6 Å². The van der Waals surface area contributed by atoms with Gasteiger partial charge >= 0.3 is 12.1 Å². The van der Waals surface area contributed by atoms with Crippen LogP contribution in [0.2, 0.25) is 0 Å². The minimum atomic E-state index is -3.40. The summed E-state index contributed by atoms with van der Waals surface area (Å²) < 4.78 is 32.7. The Morgan fingerprint density at radius 3 is 2.43 bits per heavy atom. The second-order valence-corrected chi connectivity index (χ2v) is 5.45. The molecule has 0 bridgehead atoms. The van der Waals surface area contributed by atoms with Crippen molar-refractivity contribution in [2.75, 3.05) is 6.54 Å². The number of halogens is 2. The minimum Gasteiger partial charge on any atom is -0.478 e. The SMILES string of the molecule is CC(C)(C)OC(=O)NCC(F)(F)c1cccc(C(=O)O)c1. The monoisotopic (exact) mass is 301 g/mol. The number of ether oxygens (including phenoxy) is 1. The molecule has 0 aliphatic rings. The summed E-state index contributed by atoms with van der Waals surface area (Å²) in [5.74, 6) is -4.70. The normalized spacial score (nSPS) is 11.9. The van der Waals surface area contributed by atoms with Crippen molar-refractivity contribution >= 4 is 12.1 Å². The zero-order valence-corrected chi connectivity index (χ0v) is 11.9. The van der Waals surface area contributed by atoms with Crippen LogP contribution in [0.25, 0.3) is 0 Å². The van der Waals surface area contributed by atoms with Crippen LogP contribution in [0.3, 0.4) is 0 Å². The van der Waals surface area contributed by atoms with E-state index in [1.807, 2.05) is 5.32 Å². The number of aromatic carboxylic acids is 1. The number of rotatable bonds is 4. The fourth-order valence-electron chi connectivity index (χ4n) is 1.48. The fraction of sp³-hybridized carbons (Fsp3) is 0.429. The first-order chi connectivity index (χ1) is 9.51. The van der Waals surface area contributed by atoms with E-state index in [9.17, 15) is 18.4 Å². The van der Waals surface area contributed by atoms with Crippen molar-refractivity contribution in [2.24, 2.45) is 0 Å². The van der Waals surface area contributed by atoms with Gasteiger partial charge < -0.3 is 15.2 Å². The van der Waals surface area contributed by atoms with Crippen LogP contribution < -0.4 is 5.32 Å². The molecule has 7 heteroatoms. The molecule has 5 nitrogen and oxygen atoms in total. The van der Waals surface area contributed by atoms with Crippen LogP contribution in [0.1, 0.15) is 36.7 Å². The molecule has 0 saturated carbocycles. The number of nitrogens with one attached hydrogen (secondary N) is 1. The van der Waals surface area contributed by atoms with E-state index in [-0.39, 0.29) is 5.56 Å². The van der Waals surface area contributed by atoms with E-state index in [0.29, 0.717) is 0 Å². The zero-order chi connectivity index (χ0) is 16.3. The highest BCUT2D eigenvalue weighted by molar-refractivity contribution is 5.87. The van der Waals surface area contributed by atoms with Gasteiger partial charge in [0.2, 0.25) is 0 Å². The van der Waals surface area contributed by atoms with Gasteiger partial charge in [0.25, 0.3) is 5.92 Å². The molecule has 1 aromatic carbocycles. The molecule has 116 valence electrons. The van der Waals surface area contributed by atoms with Crippen molar-refractivity contribution in [3.63, 3.8) is 0 Å². The quantitative estimate of drug-likeness (QED) is 0.896. The van der Waals surface area contributed by atoms with E-state index >= 15 is 0 Å². The third kappa shape index (κ3) is 5.37. The maximum absolute atomic E-state index is 13.9. The van der Waals surface area contributed by atoms with E-state index < -0.39 is 35.7 Å². The van der Waals surface area contributed by atoms with Crippen LogP contribution in [-0.4, -0.2) is 29.3 Å². The molecule has 1 amide bonds. The van der Waals surface area contributed by atoms with Crippen LogP contribution in [-0.2, 0) is 10.7 Å². The molecule has 0 aliphatic heterocycles. The van der Waals surface area contributed by atoms with Gasteiger partial charge in [0.1, 0.15) is 5.60 Å². The number of carboxylic acids is 1. The van der Waals surface area contributed by atoms with E-state index in [0.717, 1.165) is 12.1 Å². The predicted molar refractivity (Wildman–Crippen MR) is 71.5 cm³/mol. The van der Waals surface area contributed by atoms with Gasteiger partial charge in [0, 0.05) is 5.56 Å². The van der Waals surface area contributed by atoms with Crippen molar-refractivity contribution in [1.29, 1.82) is 0 Å². The Morgan fingerprint density at radius 1 is 1.29 bits per heavy atom. The van der Waals surface area contributed by atoms with Crippen molar-refractivity contribution < 1.29 is 28.2 Å². The smallest absolute Gasteiger partial charge is 0.407 e. The summed E-state index contributed by atoms with van der Waals surface area (Å²) in [6, 6.07) is 4.41. The molecule has 0 radical (unpaired) electrons. The van der Waals surface area contributed by atoms with E-state index in [1.165, 1.54) is 12.1 Å². The lowest BCUT2D eigenvalue weighted by Crippen LogP contribution is -2.38. The van der Waals surface area contributed by atoms with Crippen LogP contribution in [0.15, 0.2) is 24.3 Å². The number of carbonyl (C=O) groups excluding carboxylic acids is 1. The number of benzene rings is 1. The summed E-state index contributed by atoms with van der Waals surface area (Å²) in [5, 5.41) is 10.8. The summed E-state index contributed by atoms with van der Waals surface area (Å²) in [7, 11) is 0. The molecule has 0 atom stereocenters. The molecular weight excluding hydrogens is 284 g/mol. The predicted octanol–water partition coefficient (Wildman–Crippen LogP) is 3.00. The van der Waals surface area contributed by atoms with Crippen LogP contribution in [0, 0.1) is 0 Å². The van der Waals surface area contributed by atoms with E-state index in [2.05, 4.69) is 0 Å². The standard InChI is InChI=1S/C14H17F2NO4/c1-13(2,3)21-12(20)17-8-14(15,16)10-6-4-5-9(7-10)11(18)19/h4-7H,8H2,1-3H3,(H,17,20)(H,18,19). The second-order valence-electron chi connectivity index (χ2n) is 5.45. The summed E-state index contributed by atoms with van der Waals surface area (Å²) in [6.07, 6.45) is -0.962. The number of amides is 1. The summed E-state index contributed by atoms with van der Waals surface area (Å²) in [4.78, 5) is 22.1. The van der Waals surface area contributed by atoms with Gasteiger partial charge in [-0.25, -0.2) is 9.59 Å². The molecule has 0 fully saturated rings. The first kappa shape index (κ1) is 16.9. The Balaban J connectivity index is 2.75. The van der Waals surface area contributed by atoms with Crippen LogP contribution in [0.5, 0.6) is 0 Å². The first-order valence-corrected chi connectivity index (χ1v) is 6.20. The Morgan fingerprint density at radius 2 is 1.90 bits per heavy atom. The van der Waals surface area contributed by atoms with Gasteiger partial charge in [0.05, 0.1) is 12.1 Å². The minimum absolute atomic E-state index is 0.246. The van der Waals surface area contributed by atoms with Crippen molar-refractivity contribution in [2.45, 2.75) is 32.3 Å². The van der Waals surface area contributed by atoms with Gasteiger partial charge in [-0.2, -0.15) is 8.78 Å². The Bertz CT molecular complexity index is 538. The van der Waals surface area contributed by atoms with Crippen molar-refractivity contribution in [1.82, 2.24) is 5.32 Å². The molecule has 1 aromatic rings. The largest absolute Gasteiger partial charge is 0.478 e. The lowest BCUT2D eigenvalue weighted by atomic mass is 10.1. The molecule has 0 aromatic heterocycles. The summed E-state index contributed by atoms with van der Waals surface area (Å²) in [5.41, 5.74) is -1.52. The van der Waals surface area contributed by atoms with E-state index in [4.69, 9.17) is 9.84 Å². The second kappa shape index (κ2) is 6.07. The number of carbonyl (C=O) groups is 2. The van der Waals surface area contributed by atoms with Gasteiger partial charge in [-0.15, -0.1) is 0 Å². The molecular formula is C14H17F2NO4. The van der Waals surface area contributed by atoms with Gasteiger partial charge in [-0.05, 0) is 32.9 Å². The average Bonchev–Trinajstić information content (AvgIpc) is 2.35. The zero-order valence-electron chi connectivity index (χ0n) is 11.9. The van der Waals surface area contributed by atoms with Crippen molar-refractivity contribution in [3.05, 3.63) is 35.4 Å². The molecule has 0 heterocycles. The molecule has 0 saturated heterocycles. The number of alkyl carbamates (subject to hydrolysis) is 1. The molecule has 1 rings (SSSR count). The average molecular weight is 301 g/mol. The van der Waals surface area contributed by atoms with Crippen LogP contribution >= 0.6 is 0 Å². The number of alkyl halides is 2. The summed E-state index contributed by atoms with van der Waals surface area (Å²) >= 11 is 0. The maximum atomic E-state index is 13.9. The number of hydrogen-bond acceptors (Lipinski definition) is 3. The highest BCUT2D eigenvalue weighted by atomic mass is 19.3. The Kier molecular flexibility index (Phi) is 4.88. The number of hydrogen-bond donors (Lipinski definition) is 2. The molecule has 0 aliphatic carbocycles. The number of carboxylic acid groups (broad SMARTS) is 1. The molecule has 0 spiro atoms. The lowest BCUT2D eigenvalue weighted by Gasteiger charge is -2.22. The maximum Gasteiger partial charge on any atom is 0.407 e. The third-order valence-electron chi connectivity index (χ3n) is 2.39. The molecule has 2 N–H and O–H groups in total. The first-order valence-electron chi connectivity index (χ1n) is 6.20. The third-order valence-corrected chi connectivity index (χ3v) is 2.39. The highest BCUT2D eigenvalue weighted by Gasteiger charge is 2.33. The van der Waals surface area contributed by atoms with Gasteiger partial charge in [-0.3, -0.25) is 0 Å².